The first-order valence-electron chi connectivity index (χ1n) is 8.40. The highest BCUT2D eigenvalue weighted by Gasteiger charge is 2.30. The van der Waals surface area contributed by atoms with Gasteiger partial charge in [0, 0.05) is 30.0 Å². The fourth-order valence-electron chi connectivity index (χ4n) is 2.95. The number of amides is 3. The van der Waals surface area contributed by atoms with Gasteiger partial charge in [-0.15, -0.1) is 0 Å². The minimum absolute atomic E-state index is 0.0312. The zero-order chi connectivity index (χ0) is 19.6. The van der Waals surface area contributed by atoms with Crippen LogP contribution in [0.25, 0.3) is 0 Å². The predicted molar refractivity (Wildman–Crippen MR) is 96.9 cm³/mol. The van der Waals surface area contributed by atoms with Crippen molar-refractivity contribution in [2.75, 3.05) is 22.1 Å². The second-order valence-electron chi connectivity index (χ2n) is 6.31. The van der Waals surface area contributed by atoms with Crippen molar-refractivity contribution >= 4 is 29.0 Å². The second kappa shape index (κ2) is 7.30. The molecule has 27 heavy (non-hydrogen) atoms. The molecule has 1 heterocycles. The lowest BCUT2D eigenvalue weighted by Crippen LogP contribution is -2.25. The highest BCUT2D eigenvalue weighted by atomic mass is 19.4. The van der Waals surface area contributed by atoms with Crippen molar-refractivity contribution in [3.05, 3.63) is 53.6 Å². The van der Waals surface area contributed by atoms with Gasteiger partial charge in [-0.25, -0.2) is 4.79 Å². The van der Waals surface area contributed by atoms with E-state index in [1.54, 1.807) is 23.1 Å². The largest absolute Gasteiger partial charge is 0.416 e. The molecule has 2 N–H and O–H groups in total. The minimum atomic E-state index is -4.48. The molecule has 0 saturated carbocycles. The lowest BCUT2D eigenvalue weighted by atomic mass is 10.1. The molecule has 1 fully saturated rings. The van der Waals surface area contributed by atoms with Gasteiger partial charge < -0.3 is 15.5 Å². The number of carbonyl (C=O) groups excluding carboxylic acids is 2. The summed E-state index contributed by atoms with van der Waals surface area (Å²) in [7, 11) is 0. The molecule has 2 aromatic rings. The maximum absolute atomic E-state index is 12.8. The van der Waals surface area contributed by atoms with Crippen molar-refractivity contribution in [2.24, 2.45) is 0 Å². The van der Waals surface area contributed by atoms with Gasteiger partial charge in [0.2, 0.25) is 5.91 Å². The van der Waals surface area contributed by atoms with Gasteiger partial charge in [0.15, 0.2) is 0 Å². The normalized spacial score (nSPS) is 14.4. The molecule has 142 valence electrons. The molecule has 0 aromatic heterocycles. The van der Waals surface area contributed by atoms with Crippen molar-refractivity contribution in [2.45, 2.75) is 25.9 Å². The topological polar surface area (TPSA) is 61.4 Å². The van der Waals surface area contributed by atoms with E-state index in [1.165, 1.54) is 12.1 Å². The Labute approximate surface area is 154 Å². The number of halogens is 3. The standard InChI is InChI=1S/C19H18F3N3O2/c1-12-7-8-15(11-16(12)25-9-3-6-17(25)26)24-18(27)23-14-5-2-4-13(10-14)19(20,21)22/h2,4-5,7-8,10-11H,3,6,9H2,1H3,(H2,23,24,27). The zero-order valence-corrected chi connectivity index (χ0v) is 14.6. The molecular formula is C19H18F3N3O2. The van der Waals surface area contributed by atoms with E-state index >= 15 is 0 Å². The Hall–Kier alpha value is -3.03. The SMILES string of the molecule is Cc1ccc(NC(=O)Nc2cccc(C(F)(F)F)c2)cc1N1CCCC1=O. The average Bonchev–Trinajstić information content (AvgIpc) is 3.02. The molecule has 0 radical (unpaired) electrons. The van der Waals surface area contributed by atoms with Crippen LogP contribution >= 0.6 is 0 Å². The van der Waals surface area contributed by atoms with Crippen molar-refractivity contribution in [1.29, 1.82) is 0 Å². The summed E-state index contributed by atoms with van der Waals surface area (Å²) < 4.78 is 38.3. The number of aryl methyl sites for hydroxylation is 1. The van der Waals surface area contributed by atoms with E-state index in [9.17, 15) is 22.8 Å². The van der Waals surface area contributed by atoms with Gasteiger partial charge in [0.05, 0.1) is 5.56 Å². The highest BCUT2D eigenvalue weighted by Crippen LogP contribution is 2.31. The van der Waals surface area contributed by atoms with Gasteiger partial charge in [-0.3, -0.25) is 4.79 Å². The quantitative estimate of drug-likeness (QED) is 0.808. The number of anilines is 3. The summed E-state index contributed by atoms with van der Waals surface area (Å²) in [6.07, 6.45) is -3.21. The van der Waals surface area contributed by atoms with E-state index in [0.29, 0.717) is 18.7 Å². The molecule has 3 rings (SSSR count). The third-order valence-corrected chi connectivity index (χ3v) is 4.28. The fraction of sp³-hybridized carbons (Fsp3) is 0.263. The maximum Gasteiger partial charge on any atom is 0.416 e. The first-order chi connectivity index (χ1) is 12.7. The smallest absolute Gasteiger partial charge is 0.312 e. The molecule has 1 saturated heterocycles. The molecule has 0 spiro atoms. The number of nitrogens with one attached hydrogen (secondary N) is 2. The van der Waals surface area contributed by atoms with E-state index in [2.05, 4.69) is 10.6 Å². The molecule has 2 aromatic carbocycles. The van der Waals surface area contributed by atoms with Crippen molar-refractivity contribution in [3.8, 4) is 0 Å². The van der Waals surface area contributed by atoms with Crippen LogP contribution in [0.4, 0.5) is 35.0 Å². The number of nitrogens with zero attached hydrogens (tertiary/aromatic N) is 1. The summed E-state index contributed by atoms with van der Waals surface area (Å²) in [4.78, 5) is 25.8. The molecular weight excluding hydrogens is 359 g/mol. The Morgan fingerprint density at radius 3 is 2.41 bits per heavy atom. The van der Waals surface area contributed by atoms with Gasteiger partial charge in [-0.1, -0.05) is 12.1 Å². The van der Waals surface area contributed by atoms with Gasteiger partial charge in [-0.05, 0) is 49.2 Å². The average molecular weight is 377 g/mol. The number of alkyl halides is 3. The number of hydrogen-bond acceptors (Lipinski definition) is 2. The third-order valence-electron chi connectivity index (χ3n) is 4.28. The molecule has 1 aliphatic rings. The molecule has 0 aliphatic carbocycles. The van der Waals surface area contributed by atoms with Gasteiger partial charge in [-0.2, -0.15) is 13.2 Å². The van der Waals surface area contributed by atoms with Crippen LogP contribution in [0.1, 0.15) is 24.0 Å². The molecule has 8 heteroatoms. The minimum Gasteiger partial charge on any atom is -0.312 e. The van der Waals surface area contributed by atoms with Crippen LogP contribution in [0.2, 0.25) is 0 Å². The van der Waals surface area contributed by atoms with Crippen LogP contribution in [0, 0.1) is 6.92 Å². The van der Waals surface area contributed by atoms with Gasteiger partial charge >= 0.3 is 12.2 Å². The van der Waals surface area contributed by atoms with Gasteiger partial charge in [0.25, 0.3) is 0 Å². The predicted octanol–water partition coefficient (Wildman–Crippen LogP) is 4.78. The Morgan fingerprint density at radius 1 is 1.07 bits per heavy atom. The van der Waals surface area contributed by atoms with Crippen LogP contribution in [0.15, 0.2) is 42.5 Å². The van der Waals surface area contributed by atoms with Crippen molar-refractivity contribution in [1.82, 2.24) is 0 Å². The number of urea groups is 1. The first-order valence-corrected chi connectivity index (χ1v) is 8.40. The number of carbonyl (C=O) groups is 2. The molecule has 0 bridgehead atoms. The van der Waals surface area contributed by atoms with Crippen LogP contribution in [-0.2, 0) is 11.0 Å². The van der Waals surface area contributed by atoms with Gasteiger partial charge in [0.1, 0.15) is 0 Å². The van der Waals surface area contributed by atoms with E-state index in [1.807, 2.05) is 6.92 Å². The van der Waals surface area contributed by atoms with E-state index in [-0.39, 0.29) is 11.6 Å². The number of hydrogen-bond donors (Lipinski definition) is 2. The Bertz CT molecular complexity index is 881. The summed E-state index contributed by atoms with van der Waals surface area (Å²) in [5, 5.41) is 4.97. The number of benzene rings is 2. The molecule has 1 aliphatic heterocycles. The summed E-state index contributed by atoms with van der Waals surface area (Å²) >= 11 is 0. The molecule has 5 nitrogen and oxygen atoms in total. The molecule has 0 unspecified atom stereocenters. The molecule has 3 amide bonds. The van der Waals surface area contributed by atoms with Crippen molar-refractivity contribution in [3.63, 3.8) is 0 Å². The fourth-order valence-corrected chi connectivity index (χ4v) is 2.95. The Morgan fingerprint density at radius 2 is 1.78 bits per heavy atom. The summed E-state index contributed by atoms with van der Waals surface area (Å²) in [5.74, 6) is 0.0312. The Balaban J connectivity index is 1.72. The summed E-state index contributed by atoms with van der Waals surface area (Å²) in [5.41, 5.74) is 1.25. The van der Waals surface area contributed by atoms with Crippen LogP contribution < -0.4 is 15.5 Å². The second-order valence-corrected chi connectivity index (χ2v) is 6.31. The lowest BCUT2D eigenvalue weighted by molar-refractivity contribution is -0.137. The van der Waals surface area contributed by atoms with E-state index in [0.717, 1.165) is 29.8 Å². The van der Waals surface area contributed by atoms with Crippen LogP contribution in [-0.4, -0.2) is 18.5 Å². The monoisotopic (exact) mass is 377 g/mol. The molecule has 0 atom stereocenters. The summed E-state index contributed by atoms with van der Waals surface area (Å²) in [6.45, 7) is 2.49. The first kappa shape index (κ1) is 18.8. The number of rotatable bonds is 3. The summed E-state index contributed by atoms with van der Waals surface area (Å²) in [6, 6.07) is 8.86. The zero-order valence-electron chi connectivity index (χ0n) is 14.6. The van der Waals surface area contributed by atoms with E-state index < -0.39 is 17.8 Å². The third kappa shape index (κ3) is 4.39. The van der Waals surface area contributed by atoms with Crippen LogP contribution in [0.5, 0.6) is 0 Å². The maximum atomic E-state index is 12.8. The lowest BCUT2D eigenvalue weighted by Gasteiger charge is -2.19. The van der Waals surface area contributed by atoms with E-state index in [4.69, 9.17) is 0 Å². The van der Waals surface area contributed by atoms with Crippen molar-refractivity contribution < 1.29 is 22.8 Å². The van der Waals surface area contributed by atoms with Crippen LogP contribution in [0.3, 0.4) is 0 Å². The highest BCUT2D eigenvalue weighted by molar-refractivity contribution is 6.01. The Kier molecular flexibility index (Phi) is 5.07.